The molecule has 2 aromatic rings. The third-order valence-corrected chi connectivity index (χ3v) is 3.31. The summed E-state index contributed by atoms with van der Waals surface area (Å²) < 4.78 is 0. The number of thiazole rings is 1. The standard InChI is InChI=1S/C11H15N5S/c1-7-4-13-9(17-7)5-14-11-8(2)10(12-3)15-6-16-11/h4,6H,5H2,1-3H3,(H2,12,14,15,16). The first-order chi connectivity index (χ1) is 8.20. The van der Waals surface area contributed by atoms with Gasteiger partial charge in [0.15, 0.2) is 0 Å². The molecule has 0 aromatic carbocycles. The second kappa shape index (κ2) is 5.09. The summed E-state index contributed by atoms with van der Waals surface area (Å²) in [6.45, 7) is 4.73. The lowest BCUT2D eigenvalue weighted by atomic mass is 10.3. The van der Waals surface area contributed by atoms with Gasteiger partial charge in [-0.15, -0.1) is 11.3 Å². The van der Waals surface area contributed by atoms with E-state index in [4.69, 9.17) is 0 Å². The van der Waals surface area contributed by atoms with Crippen LogP contribution in [0.25, 0.3) is 0 Å². The maximum Gasteiger partial charge on any atom is 0.134 e. The van der Waals surface area contributed by atoms with Crippen LogP contribution in [0.5, 0.6) is 0 Å². The minimum Gasteiger partial charge on any atom is -0.373 e. The van der Waals surface area contributed by atoms with Gasteiger partial charge in [0.05, 0.1) is 6.54 Å². The van der Waals surface area contributed by atoms with Gasteiger partial charge in [-0.3, -0.25) is 0 Å². The summed E-state index contributed by atoms with van der Waals surface area (Å²) in [5, 5.41) is 7.37. The summed E-state index contributed by atoms with van der Waals surface area (Å²) in [5.74, 6) is 1.69. The van der Waals surface area contributed by atoms with Gasteiger partial charge in [0, 0.05) is 23.7 Å². The lowest BCUT2D eigenvalue weighted by Gasteiger charge is -2.09. The van der Waals surface area contributed by atoms with E-state index in [-0.39, 0.29) is 0 Å². The summed E-state index contributed by atoms with van der Waals surface area (Å²) >= 11 is 1.69. The summed E-state index contributed by atoms with van der Waals surface area (Å²) in [7, 11) is 1.85. The Balaban J connectivity index is 2.09. The van der Waals surface area contributed by atoms with E-state index < -0.39 is 0 Å². The van der Waals surface area contributed by atoms with Crippen molar-refractivity contribution in [1.29, 1.82) is 0 Å². The molecule has 0 aliphatic heterocycles. The van der Waals surface area contributed by atoms with Crippen molar-refractivity contribution in [3.8, 4) is 0 Å². The average molecular weight is 249 g/mol. The van der Waals surface area contributed by atoms with Crippen LogP contribution in [0.3, 0.4) is 0 Å². The van der Waals surface area contributed by atoms with Crippen molar-refractivity contribution in [3.05, 3.63) is 28.0 Å². The van der Waals surface area contributed by atoms with Crippen LogP contribution >= 0.6 is 11.3 Å². The van der Waals surface area contributed by atoms with E-state index >= 15 is 0 Å². The fourth-order valence-electron chi connectivity index (χ4n) is 1.52. The van der Waals surface area contributed by atoms with Crippen molar-refractivity contribution >= 4 is 23.0 Å². The van der Waals surface area contributed by atoms with Crippen LogP contribution in [0.1, 0.15) is 15.4 Å². The molecule has 0 radical (unpaired) electrons. The molecule has 2 rings (SSSR count). The molecule has 2 N–H and O–H groups in total. The molecule has 0 aliphatic rings. The lowest BCUT2D eigenvalue weighted by Crippen LogP contribution is -2.06. The van der Waals surface area contributed by atoms with Crippen LogP contribution < -0.4 is 10.6 Å². The summed E-state index contributed by atoms with van der Waals surface area (Å²) in [6, 6.07) is 0. The number of hydrogen-bond donors (Lipinski definition) is 2. The Labute approximate surface area is 104 Å². The van der Waals surface area contributed by atoms with Crippen molar-refractivity contribution in [3.63, 3.8) is 0 Å². The van der Waals surface area contributed by atoms with E-state index in [0.717, 1.165) is 22.2 Å². The largest absolute Gasteiger partial charge is 0.373 e. The molecular formula is C11H15N5S. The Hall–Kier alpha value is -1.69. The average Bonchev–Trinajstić information content (AvgIpc) is 2.74. The number of nitrogens with one attached hydrogen (secondary N) is 2. The van der Waals surface area contributed by atoms with E-state index in [1.165, 1.54) is 4.88 Å². The molecule has 6 heteroatoms. The quantitative estimate of drug-likeness (QED) is 0.869. The van der Waals surface area contributed by atoms with Gasteiger partial charge < -0.3 is 10.6 Å². The first-order valence-electron chi connectivity index (χ1n) is 5.35. The number of rotatable bonds is 4. The van der Waals surface area contributed by atoms with E-state index in [2.05, 4.69) is 32.5 Å². The topological polar surface area (TPSA) is 62.7 Å². The molecule has 0 aliphatic carbocycles. The highest BCUT2D eigenvalue weighted by atomic mass is 32.1. The number of anilines is 2. The first-order valence-corrected chi connectivity index (χ1v) is 6.17. The SMILES string of the molecule is CNc1ncnc(NCc2ncc(C)s2)c1C. The highest BCUT2D eigenvalue weighted by Gasteiger charge is 2.06. The molecule has 2 aromatic heterocycles. The zero-order valence-electron chi connectivity index (χ0n) is 10.1. The molecule has 90 valence electrons. The van der Waals surface area contributed by atoms with Gasteiger partial charge in [-0.2, -0.15) is 0 Å². The molecule has 0 spiro atoms. The van der Waals surface area contributed by atoms with Crippen molar-refractivity contribution < 1.29 is 0 Å². The van der Waals surface area contributed by atoms with Crippen molar-refractivity contribution in [2.75, 3.05) is 17.7 Å². The molecule has 2 heterocycles. The Kier molecular flexibility index (Phi) is 3.53. The van der Waals surface area contributed by atoms with Crippen molar-refractivity contribution in [2.24, 2.45) is 0 Å². The van der Waals surface area contributed by atoms with E-state index in [1.54, 1.807) is 17.7 Å². The Morgan fingerprint density at radius 1 is 1.18 bits per heavy atom. The fourth-order valence-corrected chi connectivity index (χ4v) is 2.25. The number of aromatic nitrogens is 3. The van der Waals surface area contributed by atoms with Crippen LogP contribution in [0.4, 0.5) is 11.6 Å². The third-order valence-electron chi connectivity index (χ3n) is 2.40. The molecule has 5 nitrogen and oxygen atoms in total. The monoisotopic (exact) mass is 249 g/mol. The fraction of sp³-hybridized carbons (Fsp3) is 0.364. The molecule has 0 atom stereocenters. The molecule has 0 amide bonds. The Bertz CT molecular complexity index is 508. The minimum absolute atomic E-state index is 0.694. The predicted octanol–water partition coefficient (Wildman–Crippen LogP) is 2.20. The van der Waals surface area contributed by atoms with Gasteiger partial charge in [-0.05, 0) is 13.8 Å². The van der Waals surface area contributed by atoms with Crippen LogP contribution in [-0.4, -0.2) is 22.0 Å². The van der Waals surface area contributed by atoms with E-state index in [1.807, 2.05) is 20.2 Å². The molecule has 0 saturated heterocycles. The summed E-state index contributed by atoms with van der Waals surface area (Å²) in [4.78, 5) is 13.9. The Morgan fingerprint density at radius 3 is 2.59 bits per heavy atom. The summed E-state index contributed by atoms with van der Waals surface area (Å²) in [5.41, 5.74) is 1.02. The highest BCUT2D eigenvalue weighted by molar-refractivity contribution is 7.11. The van der Waals surface area contributed by atoms with E-state index in [9.17, 15) is 0 Å². The Morgan fingerprint density at radius 2 is 1.94 bits per heavy atom. The van der Waals surface area contributed by atoms with Crippen LogP contribution in [0.2, 0.25) is 0 Å². The molecule has 17 heavy (non-hydrogen) atoms. The van der Waals surface area contributed by atoms with Gasteiger partial charge in [0.1, 0.15) is 23.0 Å². The number of nitrogens with zero attached hydrogens (tertiary/aromatic N) is 3. The van der Waals surface area contributed by atoms with Crippen molar-refractivity contribution in [1.82, 2.24) is 15.0 Å². The summed E-state index contributed by atoms with van der Waals surface area (Å²) in [6.07, 6.45) is 3.43. The predicted molar refractivity (Wildman–Crippen MR) is 70.5 cm³/mol. The molecule has 0 saturated carbocycles. The lowest BCUT2D eigenvalue weighted by molar-refractivity contribution is 1.04. The zero-order valence-corrected chi connectivity index (χ0v) is 10.9. The minimum atomic E-state index is 0.694. The van der Waals surface area contributed by atoms with Crippen molar-refractivity contribution in [2.45, 2.75) is 20.4 Å². The molecule has 0 unspecified atom stereocenters. The van der Waals surface area contributed by atoms with Crippen LogP contribution in [0.15, 0.2) is 12.5 Å². The van der Waals surface area contributed by atoms with E-state index in [0.29, 0.717) is 6.54 Å². The normalized spacial score (nSPS) is 10.3. The maximum atomic E-state index is 4.30. The molecular weight excluding hydrogens is 234 g/mol. The smallest absolute Gasteiger partial charge is 0.134 e. The highest BCUT2D eigenvalue weighted by Crippen LogP contribution is 2.19. The maximum absolute atomic E-state index is 4.30. The molecule has 0 fully saturated rings. The number of aryl methyl sites for hydroxylation is 1. The van der Waals surface area contributed by atoms with Gasteiger partial charge >= 0.3 is 0 Å². The zero-order chi connectivity index (χ0) is 12.3. The molecule has 0 bridgehead atoms. The second-order valence-electron chi connectivity index (χ2n) is 3.66. The third kappa shape index (κ3) is 2.71. The van der Waals surface area contributed by atoms with Gasteiger partial charge in [0.25, 0.3) is 0 Å². The van der Waals surface area contributed by atoms with Crippen LogP contribution in [-0.2, 0) is 6.54 Å². The number of hydrogen-bond acceptors (Lipinski definition) is 6. The first kappa shape index (κ1) is 11.8. The second-order valence-corrected chi connectivity index (χ2v) is 4.98. The van der Waals surface area contributed by atoms with Gasteiger partial charge in [-0.1, -0.05) is 0 Å². The van der Waals surface area contributed by atoms with Crippen LogP contribution in [0, 0.1) is 13.8 Å². The van der Waals surface area contributed by atoms with Gasteiger partial charge in [-0.25, -0.2) is 15.0 Å². The van der Waals surface area contributed by atoms with Gasteiger partial charge in [0.2, 0.25) is 0 Å².